The van der Waals surface area contributed by atoms with Crippen LogP contribution in [0.4, 0.5) is 17.1 Å². The molecule has 0 saturated carbocycles. The molecule has 52 heavy (non-hydrogen) atoms. The van der Waals surface area contributed by atoms with Crippen LogP contribution in [0.15, 0.2) is 182 Å². The summed E-state index contributed by atoms with van der Waals surface area (Å²) in [6.07, 6.45) is 0. The van der Waals surface area contributed by atoms with E-state index in [2.05, 4.69) is 140 Å². The molecule has 0 saturated heterocycles. The van der Waals surface area contributed by atoms with Gasteiger partial charge in [-0.3, -0.25) is 0 Å². The highest BCUT2D eigenvalue weighted by atomic mass is 15.2. The number of aromatic nitrogens is 3. The Kier molecular flexibility index (Phi) is 7.78. The van der Waals surface area contributed by atoms with Gasteiger partial charge in [0.2, 0.25) is 0 Å². The van der Waals surface area contributed by atoms with Gasteiger partial charge in [0.25, 0.3) is 0 Å². The van der Waals surface area contributed by atoms with Crippen molar-refractivity contribution in [1.82, 2.24) is 15.0 Å². The van der Waals surface area contributed by atoms with E-state index in [4.69, 9.17) is 15.0 Å². The van der Waals surface area contributed by atoms with Crippen molar-refractivity contribution in [3.8, 4) is 56.4 Å². The third-order valence-corrected chi connectivity index (χ3v) is 10.1. The molecule has 0 amide bonds. The zero-order valence-electron chi connectivity index (χ0n) is 29.1. The molecule has 2 heterocycles. The summed E-state index contributed by atoms with van der Waals surface area (Å²) in [4.78, 5) is 17.3. The summed E-state index contributed by atoms with van der Waals surface area (Å²) in [7, 11) is 0. The highest BCUT2D eigenvalue weighted by molar-refractivity contribution is 5.90. The fourth-order valence-corrected chi connectivity index (χ4v) is 7.36. The Hall–Kier alpha value is -6.65. The molecule has 0 fully saturated rings. The number of nitrogens with zero attached hydrogens (tertiary/aromatic N) is 4. The minimum absolute atomic E-state index is 0.210. The van der Waals surface area contributed by atoms with Gasteiger partial charge in [-0.1, -0.05) is 159 Å². The molecule has 4 nitrogen and oxygen atoms in total. The Morgan fingerprint density at radius 2 is 0.673 bits per heavy atom. The van der Waals surface area contributed by atoms with Crippen LogP contribution in [0.25, 0.3) is 56.4 Å². The van der Waals surface area contributed by atoms with E-state index in [0.717, 1.165) is 22.4 Å². The quantitative estimate of drug-likeness (QED) is 0.177. The van der Waals surface area contributed by atoms with Gasteiger partial charge in [-0.25, -0.2) is 15.0 Å². The zero-order valence-corrected chi connectivity index (χ0v) is 29.1. The largest absolute Gasteiger partial charge is 0.310 e. The van der Waals surface area contributed by atoms with E-state index in [0.29, 0.717) is 17.5 Å². The third kappa shape index (κ3) is 5.65. The Bertz CT molecular complexity index is 2360. The fraction of sp³-hybridized carbons (Fsp3) is 0.0625. The molecule has 1 aliphatic rings. The third-order valence-electron chi connectivity index (χ3n) is 10.1. The molecule has 0 aliphatic carbocycles. The number of fused-ring (bicyclic) bond motifs is 2. The van der Waals surface area contributed by atoms with Gasteiger partial charge in [-0.05, 0) is 69.8 Å². The van der Waals surface area contributed by atoms with E-state index in [1.165, 1.54) is 44.8 Å². The molecule has 0 spiro atoms. The predicted molar refractivity (Wildman–Crippen MR) is 214 cm³/mol. The molecule has 7 aromatic carbocycles. The fourth-order valence-electron chi connectivity index (χ4n) is 7.36. The molecule has 248 valence electrons. The van der Waals surface area contributed by atoms with Crippen LogP contribution in [-0.2, 0) is 5.41 Å². The lowest BCUT2D eigenvalue weighted by atomic mass is 9.72. The summed E-state index contributed by atoms with van der Waals surface area (Å²) in [6, 6.07) is 64.0. The summed E-state index contributed by atoms with van der Waals surface area (Å²) in [5.74, 6) is 1.94. The second kappa shape index (κ2) is 12.9. The van der Waals surface area contributed by atoms with E-state index >= 15 is 0 Å². The zero-order chi connectivity index (χ0) is 35.1. The Labute approximate surface area is 304 Å². The van der Waals surface area contributed by atoms with Crippen LogP contribution in [0.2, 0.25) is 0 Å². The number of hydrogen-bond acceptors (Lipinski definition) is 4. The SMILES string of the molecule is CC1(C)c2ccc(-c3ccccc3)cc2N(c2ccc(-c3nc(-c4ccccc4)nc(-c4ccccc4)n3)cc2)c2cc(-c3ccccc3)ccc21. The highest BCUT2D eigenvalue weighted by Gasteiger charge is 2.37. The lowest BCUT2D eigenvalue weighted by Gasteiger charge is -2.42. The molecule has 1 aliphatic heterocycles. The summed E-state index contributed by atoms with van der Waals surface area (Å²) in [5.41, 5.74) is 13.4. The van der Waals surface area contributed by atoms with Gasteiger partial charge in [-0.15, -0.1) is 0 Å². The lowest BCUT2D eigenvalue weighted by molar-refractivity contribution is 0.632. The van der Waals surface area contributed by atoms with Crippen molar-refractivity contribution in [1.29, 1.82) is 0 Å². The molecule has 0 bridgehead atoms. The van der Waals surface area contributed by atoms with E-state index in [1.807, 2.05) is 60.7 Å². The smallest absolute Gasteiger partial charge is 0.164 e. The van der Waals surface area contributed by atoms with Crippen molar-refractivity contribution in [2.24, 2.45) is 0 Å². The van der Waals surface area contributed by atoms with Gasteiger partial charge < -0.3 is 4.90 Å². The Morgan fingerprint density at radius 3 is 1.06 bits per heavy atom. The topological polar surface area (TPSA) is 41.9 Å². The molecule has 9 rings (SSSR count). The highest BCUT2D eigenvalue weighted by Crippen LogP contribution is 2.53. The molecule has 4 heteroatoms. The van der Waals surface area contributed by atoms with Crippen LogP contribution in [0.3, 0.4) is 0 Å². The number of anilines is 3. The van der Waals surface area contributed by atoms with Crippen LogP contribution in [-0.4, -0.2) is 15.0 Å². The van der Waals surface area contributed by atoms with Crippen molar-refractivity contribution in [3.63, 3.8) is 0 Å². The molecule has 0 atom stereocenters. The van der Waals surface area contributed by atoms with Gasteiger partial charge in [0.1, 0.15) is 0 Å². The maximum absolute atomic E-state index is 4.99. The first-order valence-corrected chi connectivity index (χ1v) is 17.7. The Balaban J connectivity index is 1.20. The number of hydrogen-bond donors (Lipinski definition) is 0. The monoisotopic (exact) mass is 668 g/mol. The summed E-state index contributed by atoms with van der Waals surface area (Å²) in [5, 5.41) is 0. The molecule has 0 N–H and O–H groups in total. The van der Waals surface area contributed by atoms with Gasteiger partial charge in [-0.2, -0.15) is 0 Å². The van der Waals surface area contributed by atoms with Crippen molar-refractivity contribution in [3.05, 3.63) is 193 Å². The van der Waals surface area contributed by atoms with E-state index in [-0.39, 0.29) is 5.41 Å². The van der Waals surface area contributed by atoms with Crippen molar-refractivity contribution >= 4 is 17.1 Å². The minimum Gasteiger partial charge on any atom is -0.310 e. The van der Waals surface area contributed by atoms with Gasteiger partial charge in [0.05, 0.1) is 11.4 Å². The van der Waals surface area contributed by atoms with Crippen molar-refractivity contribution in [2.45, 2.75) is 19.3 Å². The van der Waals surface area contributed by atoms with Crippen LogP contribution in [0.1, 0.15) is 25.0 Å². The summed E-state index contributed by atoms with van der Waals surface area (Å²) < 4.78 is 0. The second-order valence-electron chi connectivity index (χ2n) is 13.7. The first-order valence-electron chi connectivity index (χ1n) is 17.7. The van der Waals surface area contributed by atoms with Gasteiger partial charge >= 0.3 is 0 Å². The molecular formula is C48H36N4. The first kappa shape index (κ1) is 31.3. The summed E-state index contributed by atoms with van der Waals surface area (Å²) >= 11 is 0. The average molecular weight is 669 g/mol. The lowest BCUT2D eigenvalue weighted by Crippen LogP contribution is -2.30. The van der Waals surface area contributed by atoms with Crippen LogP contribution < -0.4 is 4.90 Å². The maximum atomic E-state index is 4.99. The van der Waals surface area contributed by atoms with Crippen LogP contribution >= 0.6 is 0 Å². The minimum atomic E-state index is -0.210. The normalized spacial score (nSPS) is 12.9. The molecular weight excluding hydrogens is 633 g/mol. The number of rotatable bonds is 6. The molecule has 0 unspecified atom stereocenters. The summed E-state index contributed by atoms with van der Waals surface area (Å²) in [6.45, 7) is 4.68. The van der Waals surface area contributed by atoms with Crippen molar-refractivity contribution in [2.75, 3.05) is 4.90 Å². The predicted octanol–water partition coefficient (Wildman–Crippen LogP) is 12.3. The first-order chi connectivity index (χ1) is 25.5. The van der Waals surface area contributed by atoms with Crippen molar-refractivity contribution < 1.29 is 0 Å². The van der Waals surface area contributed by atoms with Gasteiger partial charge in [0, 0.05) is 27.8 Å². The standard InChI is InChI=1S/C48H36N4/c1-48(2)41-29-25-38(33-15-7-3-8-16-33)31-43(41)52(44-32-39(26-30-42(44)48)34-17-9-4-10-18-34)40-27-23-37(24-28-40)47-50-45(35-19-11-5-12-20-35)49-46(51-47)36-21-13-6-14-22-36/h3-32H,1-2H3. The molecule has 0 radical (unpaired) electrons. The van der Waals surface area contributed by atoms with Gasteiger partial charge in [0.15, 0.2) is 17.5 Å². The Morgan fingerprint density at radius 1 is 0.346 bits per heavy atom. The molecule has 1 aromatic heterocycles. The average Bonchev–Trinajstić information content (AvgIpc) is 3.22. The van der Waals surface area contributed by atoms with Crippen LogP contribution in [0.5, 0.6) is 0 Å². The second-order valence-corrected chi connectivity index (χ2v) is 13.7. The maximum Gasteiger partial charge on any atom is 0.164 e. The van der Waals surface area contributed by atoms with E-state index < -0.39 is 0 Å². The molecule has 8 aromatic rings. The van der Waals surface area contributed by atoms with E-state index in [1.54, 1.807) is 0 Å². The number of benzene rings is 7. The van der Waals surface area contributed by atoms with E-state index in [9.17, 15) is 0 Å². The van der Waals surface area contributed by atoms with Crippen LogP contribution in [0, 0.1) is 0 Å².